The average Bonchev–Trinajstić information content (AvgIpc) is 2.59. The van der Waals surface area contributed by atoms with E-state index in [0.717, 1.165) is 39.1 Å². The number of amides is 2. The quantitative estimate of drug-likeness (QED) is 0.762. The number of hydrogen-bond donors (Lipinski definition) is 2. The Morgan fingerprint density at radius 1 is 1.12 bits per heavy atom. The molecule has 1 saturated heterocycles. The first kappa shape index (κ1) is 20.4. The van der Waals surface area contributed by atoms with Crippen LogP contribution in [0.1, 0.15) is 37.6 Å². The molecule has 2 rings (SSSR count). The second-order valence-electron chi connectivity index (χ2n) is 8.04. The zero-order valence-corrected chi connectivity index (χ0v) is 16.5. The molecule has 1 aromatic carbocycles. The Labute approximate surface area is 156 Å². The van der Waals surface area contributed by atoms with E-state index < -0.39 is 5.41 Å². The lowest BCUT2D eigenvalue weighted by Crippen LogP contribution is -2.45. The summed E-state index contributed by atoms with van der Waals surface area (Å²) in [6, 6.07) is 7.08. The average molecular weight is 361 g/mol. The number of rotatable bonds is 6. The third-order valence-electron chi connectivity index (χ3n) is 4.60. The van der Waals surface area contributed by atoms with Crippen molar-refractivity contribution in [1.82, 2.24) is 15.1 Å². The maximum atomic E-state index is 12.3. The van der Waals surface area contributed by atoms with Gasteiger partial charge in [0.15, 0.2) is 0 Å². The van der Waals surface area contributed by atoms with Gasteiger partial charge in [0, 0.05) is 49.4 Å². The molecule has 0 bridgehead atoms. The maximum Gasteiger partial charge on any atom is 0.251 e. The normalized spacial score (nSPS) is 16.3. The molecule has 0 spiro atoms. The first-order valence-electron chi connectivity index (χ1n) is 9.36. The van der Waals surface area contributed by atoms with Gasteiger partial charge >= 0.3 is 0 Å². The van der Waals surface area contributed by atoms with E-state index in [1.165, 1.54) is 0 Å². The van der Waals surface area contributed by atoms with Crippen LogP contribution in [-0.2, 0) is 4.79 Å². The van der Waals surface area contributed by atoms with E-state index in [2.05, 4.69) is 27.5 Å². The molecule has 2 amide bonds. The molecule has 0 aliphatic carbocycles. The van der Waals surface area contributed by atoms with Crippen molar-refractivity contribution in [3.63, 3.8) is 0 Å². The summed E-state index contributed by atoms with van der Waals surface area (Å²) < 4.78 is 0. The first-order valence-corrected chi connectivity index (χ1v) is 9.36. The Kier molecular flexibility index (Phi) is 7.17. The molecule has 1 heterocycles. The van der Waals surface area contributed by atoms with Gasteiger partial charge in [-0.25, -0.2) is 0 Å². The van der Waals surface area contributed by atoms with Gasteiger partial charge < -0.3 is 20.4 Å². The molecule has 0 atom stereocenters. The standard InChI is InChI=1S/C20H32N4O2/c1-20(2,3)19(26)22-17-8-5-7-16(15-17)18(25)21-9-6-10-24-13-11-23(4)12-14-24/h5,7-8,15H,6,9-14H2,1-4H3,(H,21,25)(H,22,26). The van der Waals surface area contributed by atoms with Crippen LogP contribution in [0.3, 0.4) is 0 Å². The number of hydrogen-bond acceptors (Lipinski definition) is 4. The van der Waals surface area contributed by atoms with Crippen molar-refractivity contribution in [2.75, 3.05) is 51.6 Å². The minimum absolute atomic E-state index is 0.0674. The zero-order chi connectivity index (χ0) is 19.2. The summed E-state index contributed by atoms with van der Waals surface area (Å²) in [6.07, 6.45) is 0.940. The van der Waals surface area contributed by atoms with Crippen molar-refractivity contribution in [1.29, 1.82) is 0 Å². The molecule has 144 valence electrons. The summed E-state index contributed by atoms with van der Waals surface area (Å²) >= 11 is 0. The van der Waals surface area contributed by atoms with E-state index in [4.69, 9.17) is 0 Å². The van der Waals surface area contributed by atoms with Crippen LogP contribution >= 0.6 is 0 Å². The van der Waals surface area contributed by atoms with E-state index in [1.807, 2.05) is 20.8 Å². The van der Waals surface area contributed by atoms with Crippen LogP contribution in [0.5, 0.6) is 0 Å². The lowest BCUT2D eigenvalue weighted by Gasteiger charge is -2.32. The fourth-order valence-corrected chi connectivity index (χ4v) is 2.73. The fraction of sp³-hybridized carbons (Fsp3) is 0.600. The monoisotopic (exact) mass is 360 g/mol. The molecular formula is C20H32N4O2. The number of benzene rings is 1. The number of carbonyl (C=O) groups is 2. The maximum absolute atomic E-state index is 12.3. The highest BCUT2D eigenvalue weighted by atomic mass is 16.2. The molecule has 6 nitrogen and oxygen atoms in total. The summed E-state index contributed by atoms with van der Waals surface area (Å²) in [7, 11) is 2.15. The van der Waals surface area contributed by atoms with Crippen LogP contribution in [0.25, 0.3) is 0 Å². The Morgan fingerprint density at radius 2 is 1.81 bits per heavy atom. The highest BCUT2D eigenvalue weighted by Crippen LogP contribution is 2.18. The molecular weight excluding hydrogens is 328 g/mol. The van der Waals surface area contributed by atoms with E-state index in [0.29, 0.717) is 17.8 Å². The Hall–Kier alpha value is -1.92. The zero-order valence-electron chi connectivity index (χ0n) is 16.5. The second-order valence-corrected chi connectivity index (χ2v) is 8.04. The molecule has 1 aromatic rings. The van der Waals surface area contributed by atoms with E-state index in [1.54, 1.807) is 24.3 Å². The van der Waals surface area contributed by atoms with Gasteiger partial charge in [0.05, 0.1) is 0 Å². The molecule has 6 heteroatoms. The summed E-state index contributed by atoms with van der Waals surface area (Å²) in [5.74, 6) is -0.169. The van der Waals surface area contributed by atoms with Gasteiger partial charge in [-0.3, -0.25) is 9.59 Å². The SMILES string of the molecule is CN1CCN(CCCNC(=O)c2cccc(NC(=O)C(C)(C)C)c2)CC1. The predicted octanol–water partition coefficient (Wildman–Crippen LogP) is 2.04. The largest absolute Gasteiger partial charge is 0.352 e. The number of anilines is 1. The highest BCUT2D eigenvalue weighted by Gasteiger charge is 2.21. The van der Waals surface area contributed by atoms with E-state index in [9.17, 15) is 9.59 Å². The third kappa shape index (κ3) is 6.42. The van der Waals surface area contributed by atoms with Gasteiger partial charge in [-0.05, 0) is 38.2 Å². The topological polar surface area (TPSA) is 64.7 Å². The summed E-state index contributed by atoms with van der Waals surface area (Å²) in [5, 5.41) is 5.83. The van der Waals surface area contributed by atoms with Crippen LogP contribution in [0.15, 0.2) is 24.3 Å². The van der Waals surface area contributed by atoms with Crippen LogP contribution < -0.4 is 10.6 Å². The molecule has 1 aliphatic rings. The van der Waals surface area contributed by atoms with Gasteiger partial charge in [-0.1, -0.05) is 26.8 Å². The molecule has 0 aromatic heterocycles. The number of carbonyl (C=O) groups excluding carboxylic acids is 2. The Bertz CT molecular complexity index is 616. The van der Waals surface area contributed by atoms with Crippen molar-refractivity contribution in [3.05, 3.63) is 29.8 Å². The van der Waals surface area contributed by atoms with E-state index in [-0.39, 0.29) is 11.8 Å². The van der Waals surface area contributed by atoms with Crippen LogP contribution in [0.2, 0.25) is 0 Å². The van der Waals surface area contributed by atoms with E-state index >= 15 is 0 Å². The predicted molar refractivity (Wildman–Crippen MR) is 105 cm³/mol. The summed E-state index contributed by atoms with van der Waals surface area (Å²) in [5.41, 5.74) is 0.743. The number of nitrogens with one attached hydrogen (secondary N) is 2. The highest BCUT2D eigenvalue weighted by molar-refractivity contribution is 5.98. The minimum Gasteiger partial charge on any atom is -0.352 e. The Morgan fingerprint density at radius 3 is 2.46 bits per heavy atom. The lowest BCUT2D eigenvalue weighted by atomic mass is 9.95. The smallest absolute Gasteiger partial charge is 0.251 e. The fourth-order valence-electron chi connectivity index (χ4n) is 2.73. The number of piperazine rings is 1. The third-order valence-corrected chi connectivity index (χ3v) is 4.60. The minimum atomic E-state index is -0.471. The van der Waals surface area contributed by atoms with Gasteiger partial charge in [0.1, 0.15) is 0 Å². The van der Waals surface area contributed by atoms with Gasteiger partial charge in [-0.2, -0.15) is 0 Å². The van der Waals surface area contributed by atoms with Gasteiger partial charge in [-0.15, -0.1) is 0 Å². The molecule has 26 heavy (non-hydrogen) atoms. The number of nitrogens with zero attached hydrogens (tertiary/aromatic N) is 2. The van der Waals surface area contributed by atoms with Crippen molar-refractivity contribution in [3.8, 4) is 0 Å². The van der Waals surface area contributed by atoms with Crippen molar-refractivity contribution >= 4 is 17.5 Å². The van der Waals surface area contributed by atoms with Crippen LogP contribution in [0.4, 0.5) is 5.69 Å². The number of likely N-dealkylation sites (N-methyl/N-ethyl adjacent to an activating group) is 1. The molecule has 0 unspecified atom stereocenters. The molecule has 1 aliphatic heterocycles. The summed E-state index contributed by atoms with van der Waals surface area (Å²) in [4.78, 5) is 29.2. The first-order chi connectivity index (χ1) is 12.3. The van der Waals surface area contributed by atoms with Gasteiger partial charge in [0.25, 0.3) is 5.91 Å². The summed E-state index contributed by atoms with van der Waals surface area (Å²) in [6.45, 7) is 11.7. The van der Waals surface area contributed by atoms with Crippen molar-refractivity contribution in [2.24, 2.45) is 5.41 Å². The Balaban J connectivity index is 1.77. The van der Waals surface area contributed by atoms with Crippen molar-refractivity contribution < 1.29 is 9.59 Å². The molecule has 0 saturated carbocycles. The van der Waals surface area contributed by atoms with Crippen molar-refractivity contribution in [2.45, 2.75) is 27.2 Å². The lowest BCUT2D eigenvalue weighted by molar-refractivity contribution is -0.123. The van der Waals surface area contributed by atoms with Crippen LogP contribution in [-0.4, -0.2) is 67.9 Å². The molecule has 0 radical (unpaired) electrons. The van der Waals surface area contributed by atoms with Crippen LogP contribution in [0, 0.1) is 5.41 Å². The second kappa shape index (κ2) is 9.14. The van der Waals surface area contributed by atoms with Gasteiger partial charge in [0.2, 0.25) is 5.91 Å². The molecule has 2 N–H and O–H groups in total. The molecule has 1 fully saturated rings.